The molecule has 1 aliphatic rings. The zero-order chi connectivity index (χ0) is 8.97. The summed E-state index contributed by atoms with van der Waals surface area (Å²) in [4.78, 5) is 0.640. The van der Waals surface area contributed by atoms with Gasteiger partial charge in [-0.15, -0.1) is 23.5 Å². The highest BCUT2D eigenvalue weighted by Gasteiger charge is 2.21. The van der Waals surface area contributed by atoms with Crippen molar-refractivity contribution in [1.82, 2.24) is 0 Å². The minimum atomic E-state index is -1.31. The van der Waals surface area contributed by atoms with Gasteiger partial charge in [-0.1, -0.05) is 0 Å². The summed E-state index contributed by atoms with van der Waals surface area (Å²) in [6.45, 7) is 0.716. The third-order valence-electron chi connectivity index (χ3n) is 1.42. The predicted molar refractivity (Wildman–Crippen MR) is 51.8 cm³/mol. The van der Waals surface area contributed by atoms with Crippen LogP contribution in [-0.4, -0.2) is 34.8 Å². The topological polar surface area (TPSA) is 49.7 Å². The summed E-state index contributed by atoms with van der Waals surface area (Å²) in [5.41, 5.74) is 0. The maximum Gasteiger partial charge on any atom is 0.185 e. The van der Waals surface area contributed by atoms with E-state index in [0.717, 1.165) is 6.42 Å². The van der Waals surface area contributed by atoms with E-state index in [1.807, 2.05) is 0 Å². The first-order chi connectivity index (χ1) is 5.74. The van der Waals surface area contributed by atoms with Gasteiger partial charge in [0.05, 0.1) is 4.58 Å². The van der Waals surface area contributed by atoms with Gasteiger partial charge in [-0.05, 0) is 11.8 Å². The lowest BCUT2D eigenvalue weighted by atomic mass is 10.5. The normalized spacial score (nSPS) is 23.3. The fraction of sp³-hybridized carbons (Fsp3) is 0.714. The van der Waals surface area contributed by atoms with Crippen molar-refractivity contribution in [3.63, 3.8) is 0 Å². The minimum absolute atomic E-state index is 0.377. The summed E-state index contributed by atoms with van der Waals surface area (Å²) < 4.78 is 5.30. The van der Waals surface area contributed by atoms with Gasteiger partial charge in [0, 0.05) is 18.6 Å². The third kappa shape index (κ3) is 2.99. The molecule has 3 nitrogen and oxygen atoms in total. The van der Waals surface area contributed by atoms with Crippen LogP contribution in [-0.2, 0) is 4.74 Å². The average molecular weight is 208 g/mol. The molecule has 1 aliphatic heterocycles. The fourth-order valence-corrected chi connectivity index (χ4v) is 3.20. The van der Waals surface area contributed by atoms with Crippen LogP contribution in [0.5, 0.6) is 0 Å². The van der Waals surface area contributed by atoms with Crippen molar-refractivity contribution < 1.29 is 14.9 Å². The summed E-state index contributed by atoms with van der Waals surface area (Å²) in [6, 6.07) is 0. The van der Waals surface area contributed by atoms with Crippen LogP contribution in [0.25, 0.3) is 0 Å². The van der Waals surface area contributed by atoms with Crippen LogP contribution < -0.4 is 0 Å². The average Bonchev–Trinajstić information content (AvgIpc) is 2.48. The summed E-state index contributed by atoms with van der Waals surface area (Å²) in [5, 5.41) is 19.4. The molecule has 1 heterocycles. The van der Waals surface area contributed by atoms with Crippen molar-refractivity contribution in [1.29, 1.82) is 0 Å². The van der Waals surface area contributed by atoms with Crippen molar-refractivity contribution in [3.05, 3.63) is 10.3 Å². The summed E-state index contributed by atoms with van der Waals surface area (Å²) in [7, 11) is 1.67. The van der Waals surface area contributed by atoms with Crippen molar-refractivity contribution in [2.75, 3.05) is 13.7 Å². The molecule has 2 N–H and O–H groups in total. The Morgan fingerprint density at radius 1 is 1.67 bits per heavy atom. The molecular weight excluding hydrogens is 196 g/mol. The largest absolute Gasteiger partial charge is 0.385 e. The van der Waals surface area contributed by atoms with Gasteiger partial charge in [0.2, 0.25) is 0 Å². The highest BCUT2D eigenvalue weighted by molar-refractivity contribution is 8.23. The molecule has 0 aromatic carbocycles. The standard InChI is InChI=1S/C7H12O3S2/c1-10-3-2-6-11-4-5(12-6)7(8)9/h4,6-9H,2-3H2,1H3. The van der Waals surface area contributed by atoms with E-state index in [4.69, 9.17) is 14.9 Å². The Morgan fingerprint density at radius 2 is 2.42 bits per heavy atom. The van der Waals surface area contributed by atoms with Crippen LogP contribution in [0.1, 0.15) is 6.42 Å². The van der Waals surface area contributed by atoms with Gasteiger partial charge in [-0.2, -0.15) is 0 Å². The van der Waals surface area contributed by atoms with E-state index in [2.05, 4.69) is 0 Å². The van der Waals surface area contributed by atoms with Gasteiger partial charge in [0.25, 0.3) is 0 Å². The Bertz CT molecular complexity index is 170. The van der Waals surface area contributed by atoms with Crippen LogP contribution in [0.15, 0.2) is 10.3 Å². The molecule has 1 rings (SSSR count). The Hall–Kier alpha value is 0.320. The number of aliphatic hydroxyl groups excluding tert-OH is 1. The number of rotatable bonds is 4. The van der Waals surface area contributed by atoms with E-state index >= 15 is 0 Å². The Labute approximate surface area is 80.2 Å². The zero-order valence-electron chi connectivity index (χ0n) is 6.77. The van der Waals surface area contributed by atoms with Crippen LogP contribution in [0, 0.1) is 0 Å². The molecule has 0 amide bonds. The molecule has 0 saturated carbocycles. The summed E-state index contributed by atoms with van der Waals surface area (Å²) in [6.07, 6.45) is -0.381. The lowest BCUT2D eigenvalue weighted by Crippen LogP contribution is -2.05. The quantitative estimate of drug-likeness (QED) is 0.675. The molecule has 0 spiro atoms. The number of hydrogen-bond acceptors (Lipinski definition) is 5. The molecule has 0 fully saturated rings. The summed E-state index contributed by atoms with van der Waals surface area (Å²) >= 11 is 3.12. The van der Waals surface area contributed by atoms with Gasteiger partial charge < -0.3 is 14.9 Å². The molecule has 5 heteroatoms. The lowest BCUT2D eigenvalue weighted by Gasteiger charge is -2.08. The van der Waals surface area contributed by atoms with Gasteiger partial charge >= 0.3 is 0 Å². The highest BCUT2D eigenvalue weighted by atomic mass is 32.2. The minimum Gasteiger partial charge on any atom is -0.385 e. The first-order valence-corrected chi connectivity index (χ1v) is 5.43. The molecule has 1 atom stereocenters. The second-order valence-corrected chi connectivity index (χ2v) is 5.01. The Morgan fingerprint density at radius 3 is 2.92 bits per heavy atom. The molecule has 0 saturated heterocycles. The molecule has 0 radical (unpaired) electrons. The SMILES string of the molecule is COCCC1SC=C(C(O)O)S1. The van der Waals surface area contributed by atoms with E-state index in [-0.39, 0.29) is 0 Å². The monoisotopic (exact) mass is 208 g/mol. The van der Waals surface area contributed by atoms with E-state index in [9.17, 15) is 0 Å². The maximum atomic E-state index is 8.82. The smallest absolute Gasteiger partial charge is 0.185 e. The van der Waals surface area contributed by atoms with Crippen molar-refractivity contribution >= 4 is 23.5 Å². The number of hydrogen-bond donors (Lipinski definition) is 2. The van der Waals surface area contributed by atoms with Crippen molar-refractivity contribution in [3.8, 4) is 0 Å². The second-order valence-electron chi connectivity index (χ2n) is 2.36. The van der Waals surface area contributed by atoms with Gasteiger partial charge in [0.15, 0.2) is 6.29 Å². The molecule has 70 valence electrons. The molecule has 0 bridgehead atoms. The maximum absolute atomic E-state index is 8.82. The highest BCUT2D eigenvalue weighted by Crippen LogP contribution is 2.42. The summed E-state index contributed by atoms with van der Waals surface area (Å²) in [5.74, 6) is 0. The molecule has 12 heavy (non-hydrogen) atoms. The number of ether oxygens (including phenoxy) is 1. The zero-order valence-corrected chi connectivity index (χ0v) is 8.40. The molecular formula is C7H12O3S2. The van der Waals surface area contributed by atoms with Crippen LogP contribution >= 0.6 is 23.5 Å². The van der Waals surface area contributed by atoms with Crippen molar-refractivity contribution in [2.45, 2.75) is 17.3 Å². The predicted octanol–water partition coefficient (Wildman–Crippen LogP) is 0.981. The molecule has 1 unspecified atom stereocenters. The van der Waals surface area contributed by atoms with E-state index in [1.165, 1.54) is 11.8 Å². The fourth-order valence-electron chi connectivity index (χ4n) is 0.813. The van der Waals surface area contributed by atoms with E-state index in [1.54, 1.807) is 24.3 Å². The molecule has 0 aromatic heterocycles. The molecule has 0 aromatic rings. The Balaban J connectivity index is 2.22. The first kappa shape index (κ1) is 10.4. The Kier molecular flexibility index (Phi) is 4.45. The van der Waals surface area contributed by atoms with E-state index < -0.39 is 6.29 Å². The van der Waals surface area contributed by atoms with Gasteiger partial charge in [-0.3, -0.25) is 0 Å². The first-order valence-electron chi connectivity index (χ1n) is 3.61. The third-order valence-corrected chi connectivity index (χ3v) is 4.22. The van der Waals surface area contributed by atoms with Gasteiger partial charge in [-0.25, -0.2) is 0 Å². The number of thioether (sulfide) groups is 2. The number of aliphatic hydroxyl groups is 2. The lowest BCUT2D eigenvalue weighted by molar-refractivity contribution is -0.000596. The number of methoxy groups -OCH3 is 1. The van der Waals surface area contributed by atoms with Crippen LogP contribution in [0.2, 0.25) is 0 Å². The van der Waals surface area contributed by atoms with Crippen molar-refractivity contribution in [2.24, 2.45) is 0 Å². The van der Waals surface area contributed by atoms with Gasteiger partial charge in [0.1, 0.15) is 0 Å². The molecule has 0 aliphatic carbocycles. The van der Waals surface area contributed by atoms with Crippen LogP contribution in [0.4, 0.5) is 0 Å². The van der Waals surface area contributed by atoms with E-state index in [0.29, 0.717) is 16.1 Å². The second kappa shape index (κ2) is 5.14. The van der Waals surface area contributed by atoms with Crippen LogP contribution in [0.3, 0.4) is 0 Å².